The summed E-state index contributed by atoms with van der Waals surface area (Å²) in [5.74, 6) is 5.95. The fourth-order valence-corrected chi connectivity index (χ4v) is 1.27. The lowest BCUT2D eigenvalue weighted by Gasteiger charge is -2.16. The first kappa shape index (κ1) is 15.2. The highest BCUT2D eigenvalue weighted by Crippen LogP contribution is 1.86. The summed E-state index contributed by atoms with van der Waals surface area (Å²) in [6.45, 7) is 9.41. The molecule has 0 saturated heterocycles. The van der Waals surface area contributed by atoms with Crippen molar-refractivity contribution in [1.29, 1.82) is 0 Å². The van der Waals surface area contributed by atoms with Crippen LogP contribution in [-0.2, 0) is 4.74 Å². The maximum atomic E-state index is 5.34. The summed E-state index contributed by atoms with van der Waals surface area (Å²) in [4.78, 5) is 6.63. The average molecular weight is 231 g/mol. The number of nitrogens with two attached hydrogens (primary N) is 1. The Hall–Kier alpha value is -0.850. The van der Waals surface area contributed by atoms with E-state index in [1.54, 1.807) is 7.11 Å². The molecule has 16 heavy (non-hydrogen) atoms. The second kappa shape index (κ2) is 10.7. The van der Waals surface area contributed by atoms with Crippen LogP contribution in [0, 0.1) is 0 Å². The SMILES string of the molecule is CCN(CC)CCN=C(NN)NCCOC. The average Bonchev–Trinajstić information content (AvgIpc) is 2.32. The van der Waals surface area contributed by atoms with Gasteiger partial charge in [-0.05, 0) is 13.1 Å². The van der Waals surface area contributed by atoms with Gasteiger partial charge in [-0.25, -0.2) is 5.84 Å². The van der Waals surface area contributed by atoms with Gasteiger partial charge in [0.05, 0.1) is 13.2 Å². The molecule has 0 aliphatic heterocycles. The molecule has 0 aromatic heterocycles. The van der Waals surface area contributed by atoms with Crippen LogP contribution in [0.2, 0.25) is 0 Å². The molecule has 0 aromatic carbocycles. The summed E-state index contributed by atoms with van der Waals surface area (Å²) in [6.07, 6.45) is 0. The number of hydrazine groups is 1. The standard InChI is InChI=1S/C10H25N5O/c1-4-15(5-2)8-6-12-10(14-11)13-7-9-16-3/h4-9,11H2,1-3H3,(H2,12,13,14). The zero-order chi connectivity index (χ0) is 12.2. The van der Waals surface area contributed by atoms with E-state index in [0.29, 0.717) is 19.1 Å². The van der Waals surface area contributed by atoms with Crippen molar-refractivity contribution in [2.45, 2.75) is 13.8 Å². The molecule has 0 heterocycles. The van der Waals surface area contributed by atoms with Gasteiger partial charge in [-0.1, -0.05) is 13.8 Å². The second-order valence-corrected chi connectivity index (χ2v) is 3.32. The molecule has 0 bridgehead atoms. The van der Waals surface area contributed by atoms with E-state index < -0.39 is 0 Å². The molecule has 0 unspecified atom stereocenters. The number of hydrogen-bond donors (Lipinski definition) is 3. The van der Waals surface area contributed by atoms with Crippen LogP contribution in [0.3, 0.4) is 0 Å². The number of likely N-dealkylation sites (N-methyl/N-ethyl adjacent to an activating group) is 1. The Morgan fingerprint density at radius 1 is 1.38 bits per heavy atom. The summed E-state index contributed by atoms with van der Waals surface area (Å²) in [5, 5.41) is 3.05. The number of rotatable bonds is 8. The van der Waals surface area contributed by atoms with Gasteiger partial charge in [0.15, 0.2) is 0 Å². The Morgan fingerprint density at radius 2 is 2.06 bits per heavy atom. The van der Waals surface area contributed by atoms with Crippen LogP contribution in [0.15, 0.2) is 4.99 Å². The first-order valence-electron chi connectivity index (χ1n) is 5.74. The minimum Gasteiger partial charge on any atom is -0.383 e. The third kappa shape index (κ3) is 7.44. The fourth-order valence-electron chi connectivity index (χ4n) is 1.27. The van der Waals surface area contributed by atoms with Crippen molar-refractivity contribution in [2.24, 2.45) is 10.8 Å². The number of nitrogens with one attached hydrogen (secondary N) is 2. The first-order chi connectivity index (χ1) is 7.78. The molecule has 0 radical (unpaired) electrons. The van der Waals surface area contributed by atoms with Gasteiger partial charge in [0, 0.05) is 20.2 Å². The van der Waals surface area contributed by atoms with Crippen LogP contribution in [-0.4, -0.2) is 57.3 Å². The molecule has 4 N–H and O–H groups in total. The fraction of sp³-hybridized carbons (Fsp3) is 0.900. The van der Waals surface area contributed by atoms with E-state index in [1.165, 1.54) is 0 Å². The van der Waals surface area contributed by atoms with Gasteiger partial charge in [0.2, 0.25) is 5.96 Å². The summed E-state index contributed by atoms with van der Waals surface area (Å²) < 4.78 is 4.92. The summed E-state index contributed by atoms with van der Waals surface area (Å²) >= 11 is 0. The highest BCUT2D eigenvalue weighted by molar-refractivity contribution is 5.79. The maximum Gasteiger partial charge on any atom is 0.205 e. The molecule has 0 amide bonds. The highest BCUT2D eigenvalue weighted by Gasteiger charge is 1.98. The molecule has 0 aliphatic carbocycles. The zero-order valence-electron chi connectivity index (χ0n) is 10.6. The number of nitrogens with zero attached hydrogens (tertiary/aromatic N) is 2. The van der Waals surface area contributed by atoms with Crippen molar-refractivity contribution in [2.75, 3.05) is 46.4 Å². The number of methoxy groups -OCH3 is 1. The lowest BCUT2D eigenvalue weighted by Crippen LogP contribution is -2.43. The third-order valence-electron chi connectivity index (χ3n) is 2.32. The van der Waals surface area contributed by atoms with Crippen LogP contribution in [0.5, 0.6) is 0 Å². The molecule has 0 aliphatic rings. The highest BCUT2D eigenvalue weighted by atomic mass is 16.5. The molecule has 6 nitrogen and oxygen atoms in total. The Balaban J connectivity index is 3.78. The minimum absolute atomic E-state index is 0.615. The van der Waals surface area contributed by atoms with Gasteiger partial charge in [-0.2, -0.15) is 0 Å². The minimum atomic E-state index is 0.615. The van der Waals surface area contributed by atoms with Crippen molar-refractivity contribution in [1.82, 2.24) is 15.6 Å². The molecule has 6 heteroatoms. The van der Waals surface area contributed by atoms with Crippen molar-refractivity contribution >= 4 is 5.96 Å². The van der Waals surface area contributed by atoms with E-state index in [4.69, 9.17) is 10.6 Å². The van der Waals surface area contributed by atoms with Crippen molar-refractivity contribution in [3.63, 3.8) is 0 Å². The normalized spacial score (nSPS) is 11.9. The lowest BCUT2D eigenvalue weighted by atomic mass is 10.5. The van der Waals surface area contributed by atoms with E-state index >= 15 is 0 Å². The molecule has 0 spiro atoms. The predicted octanol–water partition coefficient (Wildman–Crippen LogP) is -0.616. The van der Waals surface area contributed by atoms with Crippen molar-refractivity contribution in [3.8, 4) is 0 Å². The maximum absolute atomic E-state index is 5.34. The Bertz CT molecular complexity index is 182. The molecule has 96 valence electrons. The summed E-state index contributed by atoms with van der Waals surface area (Å²) in [5.41, 5.74) is 2.54. The lowest BCUT2D eigenvalue weighted by molar-refractivity contribution is 0.203. The van der Waals surface area contributed by atoms with Gasteiger partial charge in [0.25, 0.3) is 0 Å². The van der Waals surface area contributed by atoms with E-state index in [2.05, 4.69) is 34.5 Å². The molecule has 0 rings (SSSR count). The van der Waals surface area contributed by atoms with Crippen LogP contribution in [0.1, 0.15) is 13.8 Å². The number of aliphatic imine (C=N–C) groups is 1. The number of hydrogen-bond acceptors (Lipinski definition) is 4. The summed E-state index contributed by atoms with van der Waals surface area (Å²) in [7, 11) is 1.66. The van der Waals surface area contributed by atoms with Gasteiger partial charge < -0.3 is 15.0 Å². The van der Waals surface area contributed by atoms with Gasteiger partial charge in [-0.15, -0.1) is 0 Å². The smallest absolute Gasteiger partial charge is 0.205 e. The monoisotopic (exact) mass is 231 g/mol. The van der Waals surface area contributed by atoms with E-state index in [0.717, 1.165) is 26.2 Å². The van der Waals surface area contributed by atoms with Crippen LogP contribution < -0.4 is 16.6 Å². The molecule has 0 saturated carbocycles. The topological polar surface area (TPSA) is 74.9 Å². The molecular weight excluding hydrogens is 206 g/mol. The first-order valence-corrected chi connectivity index (χ1v) is 5.74. The summed E-state index contributed by atoms with van der Waals surface area (Å²) in [6, 6.07) is 0. The molecule has 0 atom stereocenters. The van der Waals surface area contributed by atoms with Crippen molar-refractivity contribution < 1.29 is 4.74 Å². The van der Waals surface area contributed by atoms with Gasteiger partial charge in [-0.3, -0.25) is 10.4 Å². The van der Waals surface area contributed by atoms with E-state index in [1.807, 2.05) is 0 Å². The number of ether oxygens (including phenoxy) is 1. The van der Waals surface area contributed by atoms with Gasteiger partial charge in [0.1, 0.15) is 0 Å². The Labute approximate surface area is 98.2 Å². The van der Waals surface area contributed by atoms with E-state index in [-0.39, 0.29) is 0 Å². The largest absolute Gasteiger partial charge is 0.383 e. The molecule has 0 fully saturated rings. The van der Waals surface area contributed by atoms with Crippen LogP contribution in [0.4, 0.5) is 0 Å². The van der Waals surface area contributed by atoms with Crippen molar-refractivity contribution in [3.05, 3.63) is 0 Å². The number of guanidine groups is 1. The zero-order valence-corrected chi connectivity index (χ0v) is 10.6. The third-order valence-corrected chi connectivity index (χ3v) is 2.32. The Morgan fingerprint density at radius 3 is 2.56 bits per heavy atom. The molecule has 0 aromatic rings. The predicted molar refractivity (Wildman–Crippen MR) is 67.3 cm³/mol. The van der Waals surface area contributed by atoms with Gasteiger partial charge >= 0.3 is 0 Å². The van der Waals surface area contributed by atoms with Crippen LogP contribution >= 0.6 is 0 Å². The van der Waals surface area contributed by atoms with Crippen LogP contribution in [0.25, 0.3) is 0 Å². The van der Waals surface area contributed by atoms with E-state index in [9.17, 15) is 0 Å². The Kier molecular flexibility index (Phi) is 10.1. The second-order valence-electron chi connectivity index (χ2n) is 3.32. The molecular formula is C10H25N5O. The quantitative estimate of drug-likeness (QED) is 0.171.